The molecule has 10 heteroatoms. The standard InChI is InChI=1S/C27H26N4O4.2ClH/c1-34-26-24(27(32)31-33)22-16-28-13-12-23(22)30-25(26)19-4-2-17(3-5-19)18-6-10-21(11-7-18)35-15-14-29-20-8-9-20;;/h2-7,10-13,16,20,29,33H,8-9,14-15H2,1H3,(H,31,32);2*1H. The summed E-state index contributed by atoms with van der Waals surface area (Å²) >= 11 is 0. The highest BCUT2D eigenvalue weighted by molar-refractivity contribution is 6.09. The van der Waals surface area contributed by atoms with Gasteiger partial charge in [-0.25, -0.2) is 10.5 Å². The van der Waals surface area contributed by atoms with E-state index in [1.165, 1.54) is 26.1 Å². The minimum absolute atomic E-state index is 0. The number of ether oxygens (including phenoxy) is 2. The van der Waals surface area contributed by atoms with Gasteiger partial charge in [0.05, 0.1) is 18.2 Å². The molecule has 2 aromatic heterocycles. The van der Waals surface area contributed by atoms with Crippen LogP contribution in [0.1, 0.15) is 23.2 Å². The lowest BCUT2D eigenvalue weighted by atomic mass is 10.00. The number of methoxy groups -OCH3 is 1. The van der Waals surface area contributed by atoms with Crippen LogP contribution in [0.15, 0.2) is 67.0 Å². The number of fused-ring (bicyclic) bond motifs is 1. The first kappa shape index (κ1) is 28.1. The summed E-state index contributed by atoms with van der Waals surface area (Å²) < 4.78 is 11.4. The zero-order valence-corrected chi connectivity index (χ0v) is 21.8. The molecule has 0 unspecified atom stereocenters. The summed E-state index contributed by atoms with van der Waals surface area (Å²) in [6.07, 6.45) is 5.67. The van der Waals surface area contributed by atoms with Crippen molar-refractivity contribution in [3.8, 4) is 33.9 Å². The number of benzene rings is 2. The third-order valence-electron chi connectivity index (χ3n) is 6.00. The predicted octanol–water partition coefficient (Wildman–Crippen LogP) is 5.07. The Balaban J connectivity index is 0.00000190. The molecule has 194 valence electrons. The van der Waals surface area contributed by atoms with E-state index in [9.17, 15) is 10.0 Å². The zero-order chi connectivity index (χ0) is 24.2. The van der Waals surface area contributed by atoms with Gasteiger partial charge in [-0.2, -0.15) is 0 Å². The quantitative estimate of drug-likeness (QED) is 0.154. The topological polar surface area (TPSA) is 106 Å². The van der Waals surface area contributed by atoms with Gasteiger partial charge in [-0.3, -0.25) is 15.0 Å². The number of nitrogens with one attached hydrogen (secondary N) is 2. The second-order valence-electron chi connectivity index (χ2n) is 8.38. The monoisotopic (exact) mass is 542 g/mol. The summed E-state index contributed by atoms with van der Waals surface area (Å²) in [4.78, 5) is 21.3. The van der Waals surface area contributed by atoms with Crippen LogP contribution in [-0.4, -0.2) is 47.4 Å². The highest BCUT2D eigenvalue weighted by atomic mass is 35.5. The van der Waals surface area contributed by atoms with Crippen molar-refractivity contribution in [1.82, 2.24) is 20.8 Å². The van der Waals surface area contributed by atoms with Crippen LogP contribution in [0.5, 0.6) is 11.5 Å². The Kier molecular flexibility index (Phi) is 9.66. The van der Waals surface area contributed by atoms with Crippen molar-refractivity contribution in [3.05, 3.63) is 72.6 Å². The van der Waals surface area contributed by atoms with Crippen molar-refractivity contribution in [3.63, 3.8) is 0 Å². The number of pyridine rings is 2. The van der Waals surface area contributed by atoms with Gasteiger partial charge in [-0.05, 0) is 42.2 Å². The predicted molar refractivity (Wildman–Crippen MR) is 147 cm³/mol. The lowest BCUT2D eigenvalue weighted by Crippen LogP contribution is -2.22. The summed E-state index contributed by atoms with van der Waals surface area (Å²) in [6.45, 7) is 1.51. The van der Waals surface area contributed by atoms with Crippen LogP contribution in [0.25, 0.3) is 33.3 Å². The first-order chi connectivity index (χ1) is 17.2. The largest absolute Gasteiger partial charge is 0.494 e. The van der Waals surface area contributed by atoms with Gasteiger partial charge in [0.2, 0.25) is 0 Å². The first-order valence-corrected chi connectivity index (χ1v) is 11.5. The van der Waals surface area contributed by atoms with E-state index in [4.69, 9.17) is 14.5 Å². The average molecular weight is 543 g/mol. The van der Waals surface area contributed by atoms with Gasteiger partial charge in [0, 0.05) is 35.9 Å². The molecule has 0 radical (unpaired) electrons. The number of hydrogen-bond donors (Lipinski definition) is 3. The summed E-state index contributed by atoms with van der Waals surface area (Å²) in [6, 6.07) is 18.3. The number of halogens is 2. The molecule has 4 aromatic rings. The Bertz CT molecular complexity index is 1350. The van der Waals surface area contributed by atoms with Gasteiger partial charge >= 0.3 is 0 Å². The molecular formula is C27H28Cl2N4O4. The molecule has 2 heterocycles. The van der Waals surface area contributed by atoms with Crippen LogP contribution < -0.4 is 20.3 Å². The maximum atomic E-state index is 12.5. The van der Waals surface area contributed by atoms with Crippen LogP contribution >= 0.6 is 24.8 Å². The third kappa shape index (κ3) is 6.29. The molecule has 0 aliphatic heterocycles. The maximum Gasteiger partial charge on any atom is 0.279 e. The van der Waals surface area contributed by atoms with E-state index in [2.05, 4.69) is 10.3 Å². The lowest BCUT2D eigenvalue weighted by Gasteiger charge is -2.15. The molecule has 1 amide bonds. The fourth-order valence-electron chi connectivity index (χ4n) is 4.05. The van der Waals surface area contributed by atoms with E-state index in [-0.39, 0.29) is 36.1 Å². The van der Waals surface area contributed by atoms with Crippen molar-refractivity contribution >= 4 is 41.6 Å². The molecule has 0 spiro atoms. The lowest BCUT2D eigenvalue weighted by molar-refractivity contribution is 0.0705. The Morgan fingerprint density at radius 3 is 2.27 bits per heavy atom. The number of hydroxylamine groups is 1. The molecule has 1 fully saturated rings. The van der Waals surface area contributed by atoms with Crippen molar-refractivity contribution < 1.29 is 19.5 Å². The molecule has 8 nitrogen and oxygen atoms in total. The van der Waals surface area contributed by atoms with Gasteiger partial charge in [0.25, 0.3) is 5.91 Å². The number of hydrogen-bond acceptors (Lipinski definition) is 7. The molecule has 3 N–H and O–H groups in total. The van der Waals surface area contributed by atoms with E-state index >= 15 is 0 Å². The first-order valence-electron chi connectivity index (χ1n) is 11.5. The fourth-order valence-corrected chi connectivity index (χ4v) is 4.05. The van der Waals surface area contributed by atoms with Crippen molar-refractivity contribution in [2.45, 2.75) is 18.9 Å². The summed E-state index contributed by atoms with van der Waals surface area (Å²) in [5.74, 6) is 0.422. The molecule has 0 atom stereocenters. The second kappa shape index (κ2) is 12.7. The summed E-state index contributed by atoms with van der Waals surface area (Å²) in [5.41, 5.74) is 5.82. The number of amides is 1. The van der Waals surface area contributed by atoms with Gasteiger partial charge < -0.3 is 14.8 Å². The van der Waals surface area contributed by atoms with Crippen LogP contribution in [0.2, 0.25) is 0 Å². The molecule has 37 heavy (non-hydrogen) atoms. The van der Waals surface area contributed by atoms with Gasteiger partial charge in [-0.1, -0.05) is 36.4 Å². The molecule has 1 saturated carbocycles. The maximum absolute atomic E-state index is 12.5. The molecular weight excluding hydrogens is 515 g/mol. The van der Waals surface area contributed by atoms with E-state index < -0.39 is 5.91 Å². The van der Waals surface area contributed by atoms with Crippen molar-refractivity contribution in [2.24, 2.45) is 0 Å². The summed E-state index contributed by atoms with van der Waals surface area (Å²) in [7, 11) is 1.47. The van der Waals surface area contributed by atoms with Gasteiger partial charge in [0.1, 0.15) is 18.1 Å². The number of aromatic nitrogens is 2. The second-order valence-corrected chi connectivity index (χ2v) is 8.38. The van der Waals surface area contributed by atoms with E-state index in [0.29, 0.717) is 29.2 Å². The molecule has 1 aliphatic rings. The number of carbonyl (C=O) groups is 1. The third-order valence-corrected chi connectivity index (χ3v) is 6.00. The minimum Gasteiger partial charge on any atom is -0.494 e. The Morgan fingerprint density at radius 1 is 1.00 bits per heavy atom. The van der Waals surface area contributed by atoms with E-state index in [0.717, 1.165) is 29.0 Å². The fraction of sp³-hybridized carbons (Fsp3) is 0.222. The molecule has 0 bridgehead atoms. The van der Waals surface area contributed by atoms with Crippen LogP contribution in [0.3, 0.4) is 0 Å². The van der Waals surface area contributed by atoms with Gasteiger partial charge in [0.15, 0.2) is 5.75 Å². The number of carbonyl (C=O) groups excluding carboxylic acids is 1. The molecule has 1 aliphatic carbocycles. The Labute approximate surface area is 227 Å². The summed E-state index contributed by atoms with van der Waals surface area (Å²) in [5, 5.41) is 13.2. The van der Waals surface area contributed by atoms with Crippen LogP contribution in [-0.2, 0) is 0 Å². The zero-order valence-electron chi connectivity index (χ0n) is 20.1. The van der Waals surface area contributed by atoms with Crippen molar-refractivity contribution in [2.75, 3.05) is 20.3 Å². The Morgan fingerprint density at radius 2 is 1.65 bits per heavy atom. The smallest absolute Gasteiger partial charge is 0.279 e. The Hall–Kier alpha value is -3.43. The van der Waals surface area contributed by atoms with Crippen molar-refractivity contribution in [1.29, 1.82) is 0 Å². The van der Waals surface area contributed by atoms with Crippen LogP contribution in [0, 0.1) is 0 Å². The average Bonchev–Trinajstić information content (AvgIpc) is 3.74. The molecule has 0 saturated heterocycles. The van der Waals surface area contributed by atoms with Gasteiger partial charge in [-0.15, -0.1) is 24.8 Å². The number of rotatable bonds is 9. The highest BCUT2D eigenvalue weighted by Crippen LogP contribution is 2.36. The molecule has 2 aromatic carbocycles. The number of nitrogens with zero attached hydrogens (tertiary/aromatic N) is 2. The normalized spacial score (nSPS) is 12.3. The van der Waals surface area contributed by atoms with Crippen LogP contribution in [0.4, 0.5) is 0 Å². The highest BCUT2D eigenvalue weighted by Gasteiger charge is 2.23. The molecule has 5 rings (SSSR count). The van der Waals surface area contributed by atoms with E-state index in [1.807, 2.05) is 48.5 Å². The van der Waals surface area contributed by atoms with E-state index in [1.54, 1.807) is 17.7 Å². The SMILES string of the molecule is COc1c(-c2ccc(-c3ccc(OCCNC4CC4)cc3)cc2)nc2ccncc2c1C(=O)NO.Cl.Cl. The minimum atomic E-state index is -0.689.